The van der Waals surface area contributed by atoms with E-state index in [0.29, 0.717) is 12.0 Å². The SMILES string of the molecule is CCC1CCc2c(CNC(C)C)noc21. The molecule has 15 heavy (non-hydrogen) atoms. The molecule has 3 heteroatoms. The van der Waals surface area contributed by atoms with Crippen LogP contribution in [-0.2, 0) is 13.0 Å². The maximum absolute atomic E-state index is 5.45. The minimum absolute atomic E-state index is 0.501. The molecule has 0 radical (unpaired) electrons. The van der Waals surface area contributed by atoms with Gasteiger partial charge in [0, 0.05) is 24.1 Å². The van der Waals surface area contributed by atoms with Crippen LogP contribution >= 0.6 is 0 Å². The van der Waals surface area contributed by atoms with Crippen LogP contribution in [0.1, 0.15) is 56.5 Å². The van der Waals surface area contributed by atoms with Crippen LogP contribution in [0.2, 0.25) is 0 Å². The van der Waals surface area contributed by atoms with Crippen LogP contribution in [0.5, 0.6) is 0 Å². The highest BCUT2D eigenvalue weighted by Gasteiger charge is 2.28. The quantitative estimate of drug-likeness (QED) is 0.826. The molecule has 1 atom stereocenters. The van der Waals surface area contributed by atoms with Gasteiger partial charge in [-0.2, -0.15) is 0 Å². The summed E-state index contributed by atoms with van der Waals surface area (Å²) in [7, 11) is 0. The number of hydrogen-bond donors (Lipinski definition) is 1. The zero-order valence-corrected chi connectivity index (χ0v) is 9.84. The van der Waals surface area contributed by atoms with E-state index in [1.807, 2.05) is 0 Å². The van der Waals surface area contributed by atoms with Crippen molar-refractivity contribution < 1.29 is 4.52 Å². The van der Waals surface area contributed by atoms with Gasteiger partial charge in [-0.05, 0) is 19.3 Å². The Hall–Kier alpha value is -0.830. The van der Waals surface area contributed by atoms with E-state index in [1.165, 1.54) is 18.4 Å². The minimum Gasteiger partial charge on any atom is -0.361 e. The molecule has 1 aromatic rings. The molecule has 2 rings (SSSR count). The Bertz CT molecular complexity index is 330. The lowest BCUT2D eigenvalue weighted by Crippen LogP contribution is -2.22. The van der Waals surface area contributed by atoms with Gasteiger partial charge < -0.3 is 9.84 Å². The lowest BCUT2D eigenvalue weighted by atomic mass is 10.1. The summed E-state index contributed by atoms with van der Waals surface area (Å²) in [5.41, 5.74) is 2.49. The Kier molecular flexibility index (Phi) is 3.10. The van der Waals surface area contributed by atoms with Crippen molar-refractivity contribution in [3.63, 3.8) is 0 Å². The van der Waals surface area contributed by atoms with E-state index >= 15 is 0 Å². The molecule has 0 bridgehead atoms. The second-order valence-corrected chi connectivity index (χ2v) is 4.65. The van der Waals surface area contributed by atoms with Crippen LogP contribution in [0.4, 0.5) is 0 Å². The van der Waals surface area contributed by atoms with Gasteiger partial charge in [0.25, 0.3) is 0 Å². The average Bonchev–Trinajstić information content (AvgIpc) is 2.74. The van der Waals surface area contributed by atoms with Crippen molar-refractivity contribution in [3.05, 3.63) is 17.0 Å². The van der Waals surface area contributed by atoms with E-state index in [1.54, 1.807) is 0 Å². The molecule has 1 N–H and O–H groups in total. The predicted octanol–water partition coefficient (Wildman–Crippen LogP) is 2.61. The first-order chi connectivity index (χ1) is 7.22. The van der Waals surface area contributed by atoms with E-state index in [2.05, 4.69) is 31.2 Å². The van der Waals surface area contributed by atoms with Crippen LogP contribution in [0.3, 0.4) is 0 Å². The Balaban J connectivity index is 2.08. The summed E-state index contributed by atoms with van der Waals surface area (Å²) >= 11 is 0. The second-order valence-electron chi connectivity index (χ2n) is 4.65. The van der Waals surface area contributed by atoms with Crippen molar-refractivity contribution in [2.75, 3.05) is 0 Å². The Labute approximate surface area is 91.2 Å². The largest absolute Gasteiger partial charge is 0.361 e. The zero-order valence-electron chi connectivity index (χ0n) is 9.84. The van der Waals surface area contributed by atoms with Gasteiger partial charge in [0.15, 0.2) is 0 Å². The van der Waals surface area contributed by atoms with Gasteiger partial charge in [0.1, 0.15) is 11.5 Å². The number of aromatic nitrogens is 1. The summed E-state index contributed by atoms with van der Waals surface area (Å²) < 4.78 is 5.45. The molecule has 1 aromatic heterocycles. The molecule has 1 heterocycles. The van der Waals surface area contributed by atoms with E-state index in [0.717, 1.165) is 24.4 Å². The van der Waals surface area contributed by atoms with Gasteiger partial charge in [-0.25, -0.2) is 0 Å². The number of nitrogens with zero attached hydrogens (tertiary/aromatic N) is 1. The molecular formula is C12H20N2O. The lowest BCUT2D eigenvalue weighted by molar-refractivity contribution is 0.351. The Morgan fingerprint density at radius 3 is 3.00 bits per heavy atom. The number of rotatable bonds is 4. The fourth-order valence-corrected chi connectivity index (χ4v) is 2.22. The molecule has 0 amide bonds. The van der Waals surface area contributed by atoms with Gasteiger partial charge in [0.05, 0.1) is 0 Å². The molecular weight excluding hydrogens is 188 g/mol. The van der Waals surface area contributed by atoms with Crippen molar-refractivity contribution >= 4 is 0 Å². The summed E-state index contributed by atoms with van der Waals surface area (Å²) in [6, 6.07) is 0.501. The first-order valence-electron chi connectivity index (χ1n) is 5.93. The summed E-state index contributed by atoms with van der Waals surface area (Å²) in [5, 5.41) is 7.56. The van der Waals surface area contributed by atoms with E-state index < -0.39 is 0 Å². The predicted molar refractivity (Wildman–Crippen MR) is 59.8 cm³/mol. The molecule has 0 saturated carbocycles. The fraction of sp³-hybridized carbons (Fsp3) is 0.750. The summed E-state index contributed by atoms with van der Waals surface area (Å²) in [4.78, 5) is 0. The Morgan fingerprint density at radius 2 is 2.33 bits per heavy atom. The second kappa shape index (κ2) is 4.35. The van der Waals surface area contributed by atoms with Crippen LogP contribution in [0, 0.1) is 0 Å². The minimum atomic E-state index is 0.501. The normalized spacial score (nSPS) is 19.9. The van der Waals surface area contributed by atoms with Crippen LogP contribution in [-0.4, -0.2) is 11.2 Å². The van der Waals surface area contributed by atoms with Crippen molar-refractivity contribution in [2.45, 2.75) is 58.5 Å². The van der Waals surface area contributed by atoms with E-state index in [9.17, 15) is 0 Å². The first kappa shape index (κ1) is 10.7. The molecule has 3 nitrogen and oxygen atoms in total. The molecule has 1 aliphatic carbocycles. The summed E-state index contributed by atoms with van der Waals surface area (Å²) in [6.07, 6.45) is 3.55. The average molecular weight is 208 g/mol. The highest BCUT2D eigenvalue weighted by molar-refractivity contribution is 5.30. The topological polar surface area (TPSA) is 38.1 Å². The highest BCUT2D eigenvalue weighted by atomic mass is 16.5. The third kappa shape index (κ3) is 2.07. The fourth-order valence-electron chi connectivity index (χ4n) is 2.22. The maximum Gasteiger partial charge on any atom is 0.143 e. The van der Waals surface area contributed by atoms with Crippen LogP contribution in [0.25, 0.3) is 0 Å². The summed E-state index contributed by atoms with van der Waals surface area (Å²) in [5.74, 6) is 1.76. The highest BCUT2D eigenvalue weighted by Crippen LogP contribution is 2.36. The van der Waals surface area contributed by atoms with E-state index in [-0.39, 0.29) is 0 Å². The smallest absolute Gasteiger partial charge is 0.143 e. The third-order valence-corrected chi connectivity index (χ3v) is 3.18. The lowest BCUT2D eigenvalue weighted by Gasteiger charge is -2.05. The van der Waals surface area contributed by atoms with Crippen LogP contribution in [0.15, 0.2) is 4.52 Å². The van der Waals surface area contributed by atoms with Crippen molar-refractivity contribution in [1.82, 2.24) is 10.5 Å². The maximum atomic E-state index is 5.45. The van der Waals surface area contributed by atoms with Crippen molar-refractivity contribution in [3.8, 4) is 0 Å². The molecule has 0 fully saturated rings. The molecule has 0 aliphatic heterocycles. The standard InChI is InChI=1S/C12H20N2O/c1-4-9-5-6-10-11(7-13-8(2)3)14-15-12(9)10/h8-9,13H,4-7H2,1-3H3. The van der Waals surface area contributed by atoms with Gasteiger partial charge in [0.2, 0.25) is 0 Å². The molecule has 0 spiro atoms. The molecule has 0 aromatic carbocycles. The molecule has 1 unspecified atom stereocenters. The molecule has 84 valence electrons. The van der Waals surface area contributed by atoms with Gasteiger partial charge in [-0.3, -0.25) is 0 Å². The zero-order chi connectivity index (χ0) is 10.8. The first-order valence-corrected chi connectivity index (χ1v) is 5.93. The molecule has 1 aliphatic rings. The van der Waals surface area contributed by atoms with Gasteiger partial charge in [-0.1, -0.05) is 25.9 Å². The van der Waals surface area contributed by atoms with E-state index in [4.69, 9.17) is 4.52 Å². The van der Waals surface area contributed by atoms with Crippen LogP contribution < -0.4 is 5.32 Å². The summed E-state index contributed by atoms with van der Waals surface area (Å²) in [6.45, 7) is 7.35. The van der Waals surface area contributed by atoms with Gasteiger partial charge >= 0.3 is 0 Å². The third-order valence-electron chi connectivity index (χ3n) is 3.18. The number of fused-ring (bicyclic) bond motifs is 1. The monoisotopic (exact) mass is 208 g/mol. The van der Waals surface area contributed by atoms with Gasteiger partial charge in [-0.15, -0.1) is 0 Å². The molecule has 0 saturated heterocycles. The van der Waals surface area contributed by atoms with Crippen molar-refractivity contribution in [2.24, 2.45) is 0 Å². The number of nitrogens with one attached hydrogen (secondary N) is 1. The number of hydrogen-bond acceptors (Lipinski definition) is 3. The van der Waals surface area contributed by atoms with Crippen molar-refractivity contribution in [1.29, 1.82) is 0 Å². The Morgan fingerprint density at radius 1 is 1.53 bits per heavy atom.